The molecule has 0 aliphatic carbocycles. The minimum absolute atomic E-state index is 0.396. The maximum atomic E-state index is 14.3. The van der Waals surface area contributed by atoms with E-state index in [0.717, 1.165) is 32.3 Å². The molecule has 9 heteroatoms. The van der Waals surface area contributed by atoms with Crippen LogP contribution >= 0.6 is 0 Å². The molecule has 0 spiro atoms. The van der Waals surface area contributed by atoms with E-state index in [0.29, 0.717) is 5.56 Å². The van der Waals surface area contributed by atoms with E-state index in [1.165, 1.54) is 0 Å². The van der Waals surface area contributed by atoms with Gasteiger partial charge >= 0.3 is 5.97 Å². The number of azide groups is 1. The molecule has 0 aromatic heterocycles. The molecular weight excluding hydrogens is 438 g/mol. The zero-order chi connectivity index (χ0) is 23.3. The zero-order valence-corrected chi connectivity index (χ0v) is 16.6. The van der Waals surface area contributed by atoms with Gasteiger partial charge in [-0.05, 0) is 43.4 Å². The van der Waals surface area contributed by atoms with Crippen molar-refractivity contribution in [2.75, 3.05) is 0 Å². The first kappa shape index (κ1) is 20.5. The van der Waals surface area contributed by atoms with Gasteiger partial charge in [-0.15, -0.1) is 0 Å². The number of hydrogen-bond acceptors (Lipinski definition) is 3. The Balaban J connectivity index is 1.55. The van der Waals surface area contributed by atoms with Crippen molar-refractivity contribution in [2.24, 2.45) is 5.11 Å². The molecule has 5 aromatic rings. The average Bonchev–Trinajstić information content (AvgIpc) is 2.83. The summed E-state index contributed by atoms with van der Waals surface area (Å²) >= 11 is 0. The molecule has 0 aliphatic heterocycles. The molecule has 0 saturated heterocycles. The first-order valence-electron chi connectivity index (χ1n) is 9.66. The van der Waals surface area contributed by atoms with Gasteiger partial charge in [0.1, 0.15) is 17.9 Å². The number of esters is 1. The molecule has 0 saturated carbocycles. The van der Waals surface area contributed by atoms with E-state index in [-0.39, 0.29) is 0 Å². The van der Waals surface area contributed by atoms with Gasteiger partial charge in [0.2, 0.25) is 0 Å². The molecule has 0 amide bonds. The van der Waals surface area contributed by atoms with E-state index in [1.807, 2.05) is 48.5 Å². The summed E-state index contributed by atoms with van der Waals surface area (Å²) in [5.41, 5.74) is 5.81. The maximum Gasteiger partial charge on any atom is 0.344 e. The summed E-state index contributed by atoms with van der Waals surface area (Å²) in [5.74, 6) is -9.57. The fourth-order valence-corrected chi connectivity index (χ4v) is 4.07. The van der Waals surface area contributed by atoms with E-state index < -0.39 is 47.1 Å². The summed E-state index contributed by atoms with van der Waals surface area (Å²) in [7, 11) is 0. The number of rotatable bonds is 4. The van der Waals surface area contributed by atoms with Crippen molar-refractivity contribution >= 4 is 44.0 Å². The number of carbonyl (C=O) groups excluding carboxylic acids is 1. The number of nitrogens with zero attached hydrogens (tertiary/aromatic N) is 3. The fraction of sp³-hybridized carbons (Fsp3) is 0.0417. The van der Waals surface area contributed by atoms with Crippen LogP contribution in [-0.4, -0.2) is 5.97 Å². The van der Waals surface area contributed by atoms with Gasteiger partial charge in [0.05, 0.1) is 0 Å². The van der Waals surface area contributed by atoms with Crippen LogP contribution in [0.1, 0.15) is 15.9 Å². The molecule has 0 heterocycles. The van der Waals surface area contributed by atoms with Gasteiger partial charge < -0.3 is 4.74 Å². The first-order valence-corrected chi connectivity index (χ1v) is 9.66. The fourth-order valence-electron chi connectivity index (χ4n) is 4.07. The number of carbonyl (C=O) groups is 1. The van der Waals surface area contributed by atoms with Gasteiger partial charge in [-0.2, -0.15) is 0 Å². The third-order valence-corrected chi connectivity index (χ3v) is 5.57. The van der Waals surface area contributed by atoms with Crippen molar-refractivity contribution in [3.8, 4) is 0 Å². The Morgan fingerprint density at radius 3 is 2.03 bits per heavy atom. The normalized spacial score (nSPS) is 11.3. The predicted molar refractivity (Wildman–Crippen MR) is 114 cm³/mol. The predicted octanol–water partition coefficient (Wildman–Crippen LogP) is 7.44. The Morgan fingerprint density at radius 1 is 0.818 bits per heavy atom. The first-order chi connectivity index (χ1) is 15.9. The number of benzene rings is 5. The molecule has 0 N–H and O–H groups in total. The molecule has 0 unspecified atom stereocenters. The van der Waals surface area contributed by atoms with E-state index in [4.69, 9.17) is 10.3 Å². The summed E-state index contributed by atoms with van der Waals surface area (Å²) in [6, 6.07) is 17.1. The lowest BCUT2D eigenvalue weighted by Gasteiger charge is -2.14. The monoisotopic (exact) mass is 449 g/mol. The lowest BCUT2D eigenvalue weighted by molar-refractivity contribution is 0.0460. The molecule has 162 valence electrons. The molecule has 0 fully saturated rings. The second-order valence-corrected chi connectivity index (χ2v) is 7.33. The quantitative estimate of drug-likeness (QED) is 0.0544. The van der Waals surface area contributed by atoms with Crippen molar-refractivity contribution < 1.29 is 27.1 Å². The third kappa shape index (κ3) is 3.09. The van der Waals surface area contributed by atoms with E-state index in [2.05, 4.69) is 10.0 Å². The summed E-state index contributed by atoms with van der Waals surface area (Å²) in [6.07, 6.45) is 0. The Morgan fingerprint density at radius 2 is 1.39 bits per heavy atom. The molecule has 0 aliphatic rings. The summed E-state index contributed by atoms with van der Waals surface area (Å²) in [4.78, 5) is 14.5. The lowest BCUT2D eigenvalue weighted by atomic mass is 9.92. The van der Waals surface area contributed by atoms with Crippen molar-refractivity contribution in [3.05, 3.63) is 99.4 Å². The molecule has 5 rings (SSSR count). The third-order valence-electron chi connectivity index (χ3n) is 5.57. The van der Waals surface area contributed by atoms with Crippen LogP contribution in [0.25, 0.3) is 42.8 Å². The zero-order valence-electron chi connectivity index (χ0n) is 16.6. The smallest absolute Gasteiger partial charge is 0.344 e. The summed E-state index contributed by atoms with van der Waals surface area (Å²) in [6.45, 7) is -0.396. The van der Waals surface area contributed by atoms with Gasteiger partial charge in [0.15, 0.2) is 23.3 Å². The highest BCUT2D eigenvalue weighted by atomic mass is 19.2. The molecule has 0 bridgehead atoms. The van der Waals surface area contributed by atoms with E-state index in [1.54, 1.807) is 6.07 Å². The van der Waals surface area contributed by atoms with Crippen LogP contribution in [0.4, 0.5) is 23.2 Å². The minimum atomic E-state index is -2.00. The maximum absolute atomic E-state index is 14.3. The standard InChI is InChI=1S/C24H11F4N3O2/c25-19-18(20(26)22(28)23(21(19)27)30-31-29)24(32)33-10-14-7-6-13-5-4-11-2-1-3-12-8-9-15(14)17(13)16(11)12/h1-9H,10H2. The van der Waals surface area contributed by atoms with Gasteiger partial charge in [-0.25, -0.2) is 22.4 Å². The highest BCUT2D eigenvalue weighted by Gasteiger charge is 2.30. The SMILES string of the molecule is [N-]=[N+]=Nc1c(F)c(F)c(C(=O)OCc2ccc3ccc4cccc5ccc2c3c45)c(F)c1F. The van der Waals surface area contributed by atoms with Gasteiger partial charge in [0, 0.05) is 4.91 Å². The molecule has 5 aromatic carbocycles. The molecule has 5 nitrogen and oxygen atoms in total. The van der Waals surface area contributed by atoms with Gasteiger partial charge in [-0.1, -0.05) is 59.7 Å². The largest absolute Gasteiger partial charge is 0.457 e. The van der Waals surface area contributed by atoms with Crippen LogP contribution in [0, 0.1) is 23.3 Å². The van der Waals surface area contributed by atoms with Crippen LogP contribution in [0.3, 0.4) is 0 Å². The van der Waals surface area contributed by atoms with E-state index in [9.17, 15) is 22.4 Å². The van der Waals surface area contributed by atoms with Crippen LogP contribution in [0.5, 0.6) is 0 Å². The number of hydrogen-bond donors (Lipinski definition) is 0. The van der Waals surface area contributed by atoms with Crippen LogP contribution in [0.2, 0.25) is 0 Å². The Hall–Kier alpha value is -4.36. The molecule has 33 heavy (non-hydrogen) atoms. The second-order valence-electron chi connectivity index (χ2n) is 7.33. The highest BCUT2D eigenvalue weighted by molar-refractivity contribution is 6.23. The van der Waals surface area contributed by atoms with Crippen molar-refractivity contribution in [3.63, 3.8) is 0 Å². The van der Waals surface area contributed by atoms with Crippen LogP contribution in [0.15, 0.2) is 59.7 Å². The van der Waals surface area contributed by atoms with Gasteiger partial charge in [0.25, 0.3) is 0 Å². The van der Waals surface area contributed by atoms with Crippen LogP contribution in [-0.2, 0) is 11.3 Å². The van der Waals surface area contributed by atoms with Crippen molar-refractivity contribution in [1.82, 2.24) is 0 Å². The van der Waals surface area contributed by atoms with E-state index >= 15 is 0 Å². The number of halogens is 4. The summed E-state index contributed by atoms with van der Waals surface area (Å²) < 4.78 is 61.5. The Bertz CT molecular complexity index is 1600. The number of ether oxygens (including phenoxy) is 1. The van der Waals surface area contributed by atoms with Gasteiger partial charge in [-0.3, -0.25) is 0 Å². The summed E-state index contributed by atoms with van der Waals surface area (Å²) in [5, 5.41) is 8.32. The molecule has 0 radical (unpaired) electrons. The van der Waals surface area contributed by atoms with Crippen LogP contribution < -0.4 is 0 Å². The topological polar surface area (TPSA) is 75.1 Å². The Kier molecular flexibility index (Phi) is 4.76. The molecular formula is C24H11F4N3O2. The minimum Gasteiger partial charge on any atom is -0.457 e. The average molecular weight is 449 g/mol. The van der Waals surface area contributed by atoms with Crippen molar-refractivity contribution in [1.29, 1.82) is 0 Å². The van der Waals surface area contributed by atoms with Crippen molar-refractivity contribution in [2.45, 2.75) is 6.61 Å². The molecule has 0 atom stereocenters. The second kappa shape index (κ2) is 7.65. The lowest BCUT2D eigenvalue weighted by Crippen LogP contribution is -2.13. The Labute approximate surface area is 182 Å². The highest BCUT2D eigenvalue weighted by Crippen LogP contribution is 2.36.